The summed E-state index contributed by atoms with van der Waals surface area (Å²) in [5.74, 6) is -0.287. The van der Waals surface area contributed by atoms with E-state index in [4.69, 9.17) is 0 Å². The van der Waals surface area contributed by atoms with Crippen molar-refractivity contribution < 1.29 is 9.59 Å². The second kappa shape index (κ2) is 7.30. The van der Waals surface area contributed by atoms with Gasteiger partial charge < -0.3 is 10.2 Å². The third-order valence-electron chi connectivity index (χ3n) is 4.40. The van der Waals surface area contributed by atoms with Gasteiger partial charge in [0.15, 0.2) is 0 Å². The van der Waals surface area contributed by atoms with Crippen LogP contribution in [0.2, 0.25) is 0 Å². The first-order valence-electron chi connectivity index (χ1n) is 8.32. The average molecular weight is 322 g/mol. The number of amides is 2. The molecule has 2 amide bonds. The molecule has 1 atom stereocenters. The molecule has 1 N–H and O–H groups in total. The van der Waals surface area contributed by atoms with Gasteiger partial charge in [-0.25, -0.2) is 0 Å². The maximum atomic E-state index is 12.3. The van der Waals surface area contributed by atoms with Crippen LogP contribution in [-0.4, -0.2) is 24.9 Å². The molecule has 2 aromatic rings. The number of benzene rings is 2. The van der Waals surface area contributed by atoms with E-state index in [0.29, 0.717) is 13.1 Å². The highest BCUT2D eigenvalue weighted by molar-refractivity contribution is 6.00. The minimum Gasteiger partial charge on any atom is -0.355 e. The van der Waals surface area contributed by atoms with E-state index in [9.17, 15) is 9.59 Å². The molecular weight excluding hydrogens is 300 g/mol. The fraction of sp³-hybridized carbons (Fsp3) is 0.300. The summed E-state index contributed by atoms with van der Waals surface area (Å²) in [6.07, 6.45) is 1.08. The van der Waals surface area contributed by atoms with Crippen LogP contribution in [0.3, 0.4) is 0 Å². The second-order valence-electron chi connectivity index (χ2n) is 6.27. The molecule has 1 saturated heterocycles. The molecule has 24 heavy (non-hydrogen) atoms. The fourth-order valence-corrected chi connectivity index (χ4v) is 2.98. The molecule has 1 heterocycles. The van der Waals surface area contributed by atoms with E-state index in [-0.39, 0.29) is 24.2 Å². The van der Waals surface area contributed by atoms with Crippen LogP contribution in [0, 0.1) is 12.8 Å². The summed E-state index contributed by atoms with van der Waals surface area (Å²) in [5, 5.41) is 2.96. The number of nitrogens with zero attached hydrogens (tertiary/aromatic N) is 1. The topological polar surface area (TPSA) is 49.4 Å². The molecule has 4 nitrogen and oxygen atoms in total. The molecule has 0 radical (unpaired) electrons. The normalized spacial score (nSPS) is 17.1. The summed E-state index contributed by atoms with van der Waals surface area (Å²) in [4.78, 5) is 26.2. The van der Waals surface area contributed by atoms with E-state index in [2.05, 4.69) is 5.32 Å². The van der Waals surface area contributed by atoms with Crippen LogP contribution in [0.25, 0.3) is 0 Å². The van der Waals surface area contributed by atoms with Gasteiger partial charge in [-0.05, 0) is 31.0 Å². The lowest BCUT2D eigenvalue weighted by molar-refractivity contribution is -0.126. The molecule has 1 fully saturated rings. The number of aryl methyl sites for hydroxylation is 1. The maximum Gasteiger partial charge on any atom is 0.227 e. The van der Waals surface area contributed by atoms with Crippen molar-refractivity contribution in [3.8, 4) is 0 Å². The molecule has 1 aliphatic heterocycles. The lowest BCUT2D eigenvalue weighted by atomic mass is 10.1. The number of hydrogen-bond acceptors (Lipinski definition) is 2. The van der Waals surface area contributed by atoms with Gasteiger partial charge in [0.05, 0.1) is 5.92 Å². The van der Waals surface area contributed by atoms with Crippen LogP contribution in [-0.2, 0) is 16.0 Å². The fourth-order valence-electron chi connectivity index (χ4n) is 2.98. The Labute approximate surface area is 142 Å². The standard InChI is InChI=1S/C20H22N2O2/c1-15-7-9-18(10-8-15)22-14-17(13-19(22)23)20(24)21-12-11-16-5-3-2-4-6-16/h2-10,17H,11-14H2,1H3,(H,21,24)/t17-/m1/s1. The monoisotopic (exact) mass is 322 g/mol. The average Bonchev–Trinajstić information content (AvgIpc) is 2.98. The Morgan fingerprint density at radius 1 is 1.12 bits per heavy atom. The van der Waals surface area contributed by atoms with Crippen molar-refractivity contribution >= 4 is 17.5 Å². The third kappa shape index (κ3) is 3.82. The van der Waals surface area contributed by atoms with Crippen LogP contribution in [0.15, 0.2) is 54.6 Å². The van der Waals surface area contributed by atoms with Crippen LogP contribution < -0.4 is 10.2 Å². The van der Waals surface area contributed by atoms with Gasteiger partial charge in [-0.2, -0.15) is 0 Å². The smallest absolute Gasteiger partial charge is 0.227 e. The predicted molar refractivity (Wildman–Crippen MR) is 94.8 cm³/mol. The van der Waals surface area contributed by atoms with Gasteiger partial charge in [0.1, 0.15) is 0 Å². The summed E-state index contributed by atoms with van der Waals surface area (Å²) in [6, 6.07) is 17.9. The van der Waals surface area contributed by atoms with E-state index < -0.39 is 0 Å². The van der Waals surface area contributed by atoms with E-state index in [1.54, 1.807) is 4.90 Å². The Balaban J connectivity index is 1.53. The highest BCUT2D eigenvalue weighted by atomic mass is 16.2. The number of nitrogens with one attached hydrogen (secondary N) is 1. The summed E-state index contributed by atoms with van der Waals surface area (Å²) in [5.41, 5.74) is 3.22. The Bertz CT molecular complexity index is 710. The Hall–Kier alpha value is -2.62. The number of carbonyl (C=O) groups excluding carboxylic acids is 2. The van der Waals surface area contributed by atoms with E-state index >= 15 is 0 Å². The van der Waals surface area contributed by atoms with Gasteiger partial charge >= 0.3 is 0 Å². The van der Waals surface area contributed by atoms with Crippen LogP contribution in [0.4, 0.5) is 5.69 Å². The lowest BCUT2D eigenvalue weighted by Gasteiger charge is -2.17. The van der Waals surface area contributed by atoms with Crippen molar-refractivity contribution in [3.05, 3.63) is 65.7 Å². The van der Waals surface area contributed by atoms with Gasteiger partial charge in [0.25, 0.3) is 0 Å². The summed E-state index contributed by atoms with van der Waals surface area (Å²) < 4.78 is 0. The number of anilines is 1. The Kier molecular flexibility index (Phi) is 4.94. The van der Waals surface area contributed by atoms with Crippen LogP contribution in [0.5, 0.6) is 0 Å². The quantitative estimate of drug-likeness (QED) is 0.920. The van der Waals surface area contributed by atoms with E-state index in [1.807, 2.05) is 61.5 Å². The Morgan fingerprint density at radius 3 is 2.54 bits per heavy atom. The van der Waals surface area contributed by atoms with Gasteiger partial charge in [-0.15, -0.1) is 0 Å². The number of carbonyl (C=O) groups is 2. The third-order valence-corrected chi connectivity index (χ3v) is 4.40. The molecule has 3 rings (SSSR count). The van der Waals surface area contributed by atoms with Crippen LogP contribution >= 0.6 is 0 Å². The molecule has 2 aromatic carbocycles. The molecular formula is C20H22N2O2. The van der Waals surface area contributed by atoms with E-state index in [1.165, 1.54) is 5.56 Å². The molecule has 0 bridgehead atoms. The first-order chi connectivity index (χ1) is 11.6. The highest BCUT2D eigenvalue weighted by Crippen LogP contribution is 2.25. The van der Waals surface area contributed by atoms with Crippen molar-refractivity contribution in [2.45, 2.75) is 19.8 Å². The maximum absolute atomic E-state index is 12.3. The molecule has 1 aliphatic rings. The minimum absolute atomic E-state index is 0.0158. The van der Waals surface area contributed by atoms with Crippen LogP contribution in [0.1, 0.15) is 17.5 Å². The number of rotatable bonds is 5. The molecule has 0 saturated carbocycles. The van der Waals surface area contributed by atoms with Gasteiger partial charge in [-0.3, -0.25) is 9.59 Å². The molecule has 124 valence electrons. The van der Waals surface area contributed by atoms with Crippen molar-refractivity contribution in [2.24, 2.45) is 5.92 Å². The first-order valence-corrected chi connectivity index (χ1v) is 8.32. The first kappa shape index (κ1) is 16.2. The molecule has 0 spiro atoms. The van der Waals surface area contributed by atoms with Gasteiger partial charge in [0, 0.05) is 25.2 Å². The lowest BCUT2D eigenvalue weighted by Crippen LogP contribution is -2.34. The SMILES string of the molecule is Cc1ccc(N2C[C@H](C(=O)NCCc3ccccc3)CC2=O)cc1. The van der Waals surface area contributed by atoms with Crippen molar-refractivity contribution in [1.82, 2.24) is 5.32 Å². The predicted octanol–water partition coefficient (Wildman–Crippen LogP) is 2.71. The van der Waals surface area contributed by atoms with E-state index in [0.717, 1.165) is 17.7 Å². The highest BCUT2D eigenvalue weighted by Gasteiger charge is 2.34. The minimum atomic E-state index is -0.269. The zero-order valence-electron chi connectivity index (χ0n) is 13.9. The molecule has 4 heteroatoms. The molecule has 0 aliphatic carbocycles. The number of hydrogen-bond donors (Lipinski definition) is 1. The molecule has 0 aromatic heterocycles. The Morgan fingerprint density at radius 2 is 1.83 bits per heavy atom. The zero-order chi connectivity index (χ0) is 16.9. The van der Waals surface area contributed by atoms with Crippen molar-refractivity contribution in [2.75, 3.05) is 18.0 Å². The van der Waals surface area contributed by atoms with Crippen molar-refractivity contribution in [1.29, 1.82) is 0 Å². The van der Waals surface area contributed by atoms with Gasteiger partial charge in [0.2, 0.25) is 11.8 Å². The molecule has 0 unspecified atom stereocenters. The zero-order valence-corrected chi connectivity index (χ0v) is 13.9. The second-order valence-corrected chi connectivity index (χ2v) is 6.27. The van der Waals surface area contributed by atoms with Crippen molar-refractivity contribution in [3.63, 3.8) is 0 Å². The summed E-state index contributed by atoms with van der Waals surface area (Å²) in [6.45, 7) is 3.07. The summed E-state index contributed by atoms with van der Waals surface area (Å²) in [7, 11) is 0. The van der Waals surface area contributed by atoms with Gasteiger partial charge in [-0.1, -0.05) is 48.0 Å². The summed E-state index contributed by atoms with van der Waals surface area (Å²) >= 11 is 0. The largest absolute Gasteiger partial charge is 0.355 e.